The minimum Gasteiger partial charge on any atom is -0.269 e. The van der Waals surface area contributed by atoms with Crippen LogP contribution in [0.3, 0.4) is 0 Å². The van der Waals surface area contributed by atoms with Gasteiger partial charge in [-0.05, 0) is 35.1 Å². The minimum atomic E-state index is -0.373. The maximum absolute atomic E-state index is 13.5. The molecule has 2 amide bonds. The molecule has 0 aliphatic carbocycles. The van der Waals surface area contributed by atoms with E-state index in [2.05, 4.69) is 0 Å². The van der Waals surface area contributed by atoms with Gasteiger partial charge in [-0.25, -0.2) is 0 Å². The van der Waals surface area contributed by atoms with Crippen LogP contribution in [0.1, 0.15) is 37.9 Å². The Morgan fingerprint density at radius 3 is 1.76 bits per heavy atom. The highest BCUT2D eigenvalue weighted by molar-refractivity contribution is 6.25. The number of hydrogen-bond acceptors (Lipinski definition) is 2. The first-order chi connectivity index (χ1) is 14.2. The molecule has 29 heavy (non-hydrogen) atoms. The summed E-state index contributed by atoms with van der Waals surface area (Å²) < 4.78 is 0. The Kier molecular flexibility index (Phi) is 4.21. The lowest BCUT2D eigenvalue weighted by Gasteiger charge is -2.34. The molecule has 1 aliphatic heterocycles. The fourth-order valence-electron chi connectivity index (χ4n) is 4.20. The highest BCUT2D eigenvalue weighted by atomic mass is 16.2. The Balaban J connectivity index is 1.66. The van der Waals surface area contributed by atoms with E-state index in [9.17, 15) is 9.59 Å². The smallest absolute Gasteiger partial charge is 0.261 e. The second-order valence-electron chi connectivity index (χ2n) is 7.31. The number of amides is 2. The first-order valence-electron chi connectivity index (χ1n) is 9.72. The largest absolute Gasteiger partial charge is 0.269 e. The van der Waals surface area contributed by atoms with Crippen molar-refractivity contribution < 1.29 is 9.59 Å². The van der Waals surface area contributed by atoms with Crippen LogP contribution in [-0.2, 0) is 6.42 Å². The van der Waals surface area contributed by atoms with Gasteiger partial charge in [-0.2, -0.15) is 0 Å². The molecule has 1 aliphatic rings. The van der Waals surface area contributed by atoms with E-state index >= 15 is 0 Å². The number of carbonyl (C=O) groups is 2. The summed E-state index contributed by atoms with van der Waals surface area (Å²) in [6.07, 6.45) is 0.570. The second kappa shape index (κ2) is 7.02. The highest BCUT2D eigenvalue weighted by Crippen LogP contribution is 2.36. The van der Waals surface area contributed by atoms with Crippen LogP contribution >= 0.6 is 0 Å². The second-order valence-corrected chi connectivity index (χ2v) is 7.31. The summed E-state index contributed by atoms with van der Waals surface area (Å²) in [6.45, 7) is 0. The third kappa shape index (κ3) is 2.92. The molecule has 0 spiro atoms. The van der Waals surface area contributed by atoms with Crippen LogP contribution in [0.15, 0.2) is 97.1 Å². The van der Waals surface area contributed by atoms with E-state index in [4.69, 9.17) is 0 Å². The Morgan fingerprint density at radius 1 is 0.621 bits per heavy atom. The van der Waals surface area contributed by atoms with Crippen molar-refractivity contribution in [3.8, 4) is 0 Å². The number of imide groups is 1. The third-order valence-corrected chi connectivity index (χ3v) is 5.57. The molecule has 140 valence electrons. The van der Waals surface area contributed by atoms with E-state index in [-0.39, 0.29) is 17.9 Å². The molecule has 3 nitrogen and oxygen atoms in total. The van der Waals surface area contributed by atoms with Crippen molar-refractivity contribution in [3.05, 3.63) is 119 Å². The SMILES string of the molecule is O=C1c2cccc3cccc(c23)C(=O)N1[C@H](Cc1ccccc1)c1ccccc1. The summed E-state index contributed by atoms with van der Waals surface area (Å²) in [5.41, 5.74) is 3.21. The molecular formula is C26H19NO2. The molecule has 5 rings (SSSR count). The summed E-state index contributed by atoms with van der Waals surface area (Å²) in [6, 6.07) is 30.7. The molecule has 4 aromatic carbocycles. The lowest BCUT2D eigenvalue weighted by atomic mass is 9.90. The molecule has 0 saturated heterocycles. The van der Waals surface area contributed by atoms with Gasteiger partial charge in [0.25, 0.3) is 11.8 Å². The van der Waals surface area contributed by atoms with E-state index in [1.54, 1.807) is 0 Å². The van der Waals surface area contributed by atoms with E-state index in [0.29, 0.717) is 17.5 Å². The van der Waals surface area contributed by atoms with Crippen LogP contribution in [0.5, 0.6) is 0 Å². The first kappa shape index (κ1) is 17.4. The van der Waals surface area contributed by atoms with Gasteiger partial charge < -0.3 is 0 Å². The molecule has 0 unspecified atom stereocenters. The molecular weight excluding hydrogens is 358 g/mol. The molecule has 0 fully saturated rings. The number of benzene rings is 4. The van der Waals surface area contributed by atoms with Crippen molar-refractivity contribution in [1.82, 2.24) is 4.90 Å². The first-order valence-corrected chi connectivity index (χ1v) is 9.72. The van der Waals surface area contributed by atoms with Crippen molar-refractivity contribution in [2.75, 3.05) is 0 Å². The van der Waals surface area contributed by atoms with Gasteiger partial charge in [0.2, 0.25) is 0 Å². The molecule has 0 radical (unpaired) electrons. The van der Waals surface area contributed by atoms with Gasteiger partial charge in [-0.3, -0.25) is 14.5 Å². The molecule has 0 saturated carbocycles. The molecule has 4 aromatic rings. The number of rotatable bonds is 4. The molecule has 0 bridgehead atoms. The summed E-state index contributed by atoms with van der Waals surface area (Å²) in [4.78, 5) is 28.5. The number of carbonyl (C=O) groups excluding carboxylic acids is 2. The van der Waals surface area contributed by atoms with Crippen LogP contribution < -0.4 is 0 Å². The lowest BCUT2D eigenvalue weighted by Crippen LogP contribution is -2.43. The average Bonchev–Trinajstić information content (AvgIpc) is 2.78. The number of nitrogens with zero attached hydrogens (tertiary/aromatic N) is 1. The van der Waals surface area contributed by atoms with Crippen molar-refractivity contribution in [2.45, 2.75) is 12.5 Å². The van der Waals surface area contributed by atoms with Crippen LogP contribution in [0, 0.1) is 0 Å². The highest BCUT2D eigenvalue weighted by Gasteiger charge is 2.37. The van der Waals surface area contributed by atoms with Gasteiger partial charge in [-0.1, -0.05) is 84.9 Å². The van der Waals surface area contributed by atoms with Gasteiger partial charge in [0, 0.05) is 16.5 Å². The van der Waals surface area contributed by atoms with Crippen molar-refractivity contribution in [3.63, 3.8) is 0 Å². The Hall–Kier alpha value is -3.72. The lowest BCUT2D eigenvalue weighted by molar-refractivity contribution is 0.0535. The normalized spacial score (nSPS) is 14.3. The van der Waals surface area contributed by atoms with Crippen LogP contribution in [0.2, 0.25) is 0 Å². The maximum Gasteiger partial charge on any atom is 0.261 e. The predicted molar refractivity (Wildman–Crippen MR) is 114 cm³/mol. The summed E-state index contributed by atoms with van der Waals surface area (Å²) in [5, 5.41) is 1.67. The van der Waals surface area contributed by atoms with Crippen molar-refractivity contribution >= 4 is 22.6 Å². The monoisotopic (exact) mass is 377 g/mol. The summed E-state index contributed by atoms with van der Waals surface area (Å²) in [7, 11) is 0. The zero-order chi connectivity index (χ0) is 19.8. The summed E-state index contributed by atoms with van der Waals surface area (Å²) >= 11 is 0. The topological polar surface area (TPSA) is 37.4 Å². The number of hydrogen-bond donors (Lipinski definition) is 0. The molecule has 1 heterocycles. The minimum absolute atomic E-state index is 0.232. The zero-order valence-electron chi connectivity index (χ0n) is 15.8. The van der Waals surface area contributed by atoms with Gasteiger partial charge in [-0.15, -0.1) is 0 Å². The molecule has 1 atom stereocenters. The zero-order valence-corrected chi connectivity index (χ0v) is 15.8. The van der Waals surface area contributed by atoms with E-state index in [1.165, 1.54) is 4.90 Å². The Bertz CT molecular complexity index is 1160. The van der Waals surface area contributed by atoms with Gasteiger partial charge in [0.05, 0.1) is 6.04 Å². The fourth-order valence-corrected chi connectivity index (χ4v) is 4.20. The summed E-state index contributed by atoms with van der Waals surface area (Å²) in [5.74, 6) is -0.465. The van der Waals surface area contributed by atoms with Crippen LogP contribution in [0.4, 0.5) is 0 Å². The Morgan fingerprint density at radius 2 is 1.17 bits per heavy atom. The molecule has 3 heteroatoms. The molecule has 0 N–H and O–H groups in total. The Labute approximate surface area is 169 Å². The van der Waals surface area contributed by atoms with E-state index in [0.717, 1.165) is 21.9 Å². The average molecular weight is 377 g/mol. The van der Waals surface area contributed by atoms with Crippen molar-refractivity contribution in [1.29, 1.82) is 0 Å². The van der Waals surface area contributed by atoms with E-state index in [1.807, 2.05) is 97.1 Å². The quantitative estimate of drug-likeness (QED) is 0.445. The molecule has 0 aromatic heterocycles. The van der Waals surface area contributed by atoms with E-state index < -0.39 is 0 Å². The van der Waals surface area contributed by atoms with Crippen LogP contribution in [-0.4, -0.2) is 16.7 Å². The van der Waals surface area contributed by atoms with Gasteiger partial charge in [0.15, 0.2) is 0 Å². The third-order valence-electron chi connectivity index (χ3n) is 5.57. The predicted octanol–water partition coefficient (Wildman–Crippen LogP) is 5.42. The maximum atomic E-state index is 13.5. The van der Waals surface area contributed by atoms with Crippen molar-refractivity contribution in [2.24, 2.45) is 0 Å². The van der Waals surface area contributed by atoms with Gasteiger partial charge >= 0.3 is 0 Å². The fraction of sp³-hybridized carbons (Fsp3) is 0.0769. The van der Waals surface area contributed by atoms with Gasteiger partial charge in [0.1, 0.15) is 0 Å². The van der Waals surface area contributed by atoms with Crippen LogP contribution in [0.25, 0.3) is 10.8 Å². The standard InChI is InChI=1S/C26H19NO2/c28-25-21-15-7-13-20-14-8-16-22(24(20)21)26(29)27(25)23(19-11-5-2-6-12-19)17-18-9-3-1-4-10-18/h1-16,23H,17H2/t23-/m1/s1.